The first-order valence-corrected chi connectivity index (χ1v) is 3.10. The lowest BCUT2D eigenvalue weighted by Crippen LogP contribution is -2.57. The minimum atomic E-state index is -1.66. The first kappa shape index (κ1) is 8.85. The largest absolute Gasteiger partial charge is 0.387 e. The van der Waals surface area contributed by atoms with Gasteiger partial charge in [-0.1, -0.05) is 0 Å². The highest BCUT2D eigenvalue weighted by Crippen LogP contribution is 2.17. The van der Waals surface area contributed by atoms with Crippen LogP contribution in [0.1, 0.15) is 0 Å². The molecule has 6 heteroatoms. The van der Waals surface area contributed by atoms with Crippen molar-refractivity contribution < 1.29 is 30.3 Å². The topological polar surface area (TPSA) is 110 Å². The van der Waals surface area contributed by atoms with Crippen LogP contribution in [0.4, 0.5) is 0 Å². The molecular weight excluding hydrogens is 156 g/mol. The Hall–Kier alpha value is -0.240. The van der Waals surface area contributed by atoms with Crippen LogP contribution in [-0.4, -0.2) is 56.4 Å². The fourth-order valence-corrected chi connectivity index (χ4v) is 0.843. The fourth-order valence-electron chi connectivity index (χ4n) is 0.843. The number of rotatable bonds is 0. The van der Waals surface area contributed by atoms with E-state index < -0.39 is 30.9 Å². The monoisotopic (exact) mass is 166 g/mol. The first-order chi connectivity index (χ1) is 5.04. The van der Waals surface area contributed by atoms with E-state index in [4.69, 9.17) is 25.5 Å². The Morgan fingerprint density at radius 2 is 1.00 bits per heavy atom. The third-order valence-electron chi connectivity index (χ3n) is 1.56. The van der Waals surface area contributed by atoms with Crippen molar-refractivity contribution in [1.82, 2.24) is 0 Å². The number of aliphatic hydroxyl groups excluding tert-OH is 5. The van der Waals surface area contributed by atoms with Gasteiger partial charge in [0.1, 0.15) is 18.3 Å². The summed E-state index contributed by atoms with van der Waals surface area (Å²) in [5.74, 6) is 0. The summed E-state index contributed by atoms with van der Waals surface area (Å²) in [6, 6.07) is 0. The summed E-state index contributed by atoms with van der Waals surface area (Å²) < 4.78 is 4.23. The van der Waals surface area contributed by atoms with Crippen LogP contribution in [0.3, 0.4) is 0 Å². The molecule has 0 saturated carbocycles. The molecule has 1 fully saturated rings. The second-order valence-electron chi connectivity index (χ2n) is 2.39. The molecule has 0 amide bonds. The predicted molar refractivity (Wildman–Crippen MR) is 31.1 cm³/mol. The van der Waals surface area contributed by atoms with Crippen LogP contribution in [0, 0.1) is 0 Å². The standard InChI is InChI=1S/C5H10O6/c6-1-2(7)4(9)11-5(10)3(1)8/h1-10H/t1-,2-,3-,4?,5+/m1/s1. The third-order valence-corrected chi connectivity index (χ3v) is 1.56. The van der Waals surface area contributed by atoms with Crippen LogP contribution in [0.15, 0.2) is 0 Å². The van der Waals surface area contributed by atoms with Gasteiger partial charge in [-0.15, -0.1) is 0 Å². The van der Waals surface area contributed by atoms with E-state index in [0.717, 1.165) is 0 Å². The minimum absolute atomic E-state index is 1.59. The summed E-state index contributed by atoms with van der Waals surface area (Å²) in [5.41, 5.74) is 0. The Balaban J connectivity index is 2.63. The molecule has 5 atom stereocenters. The second kappa shape index (κ2) is 3.02. The van der Waals surface area contributed by atoms with Gasteiger partial charge in [0.2, 0.25) is 0 Å². The number of aliphatic hydroxyl groups is 5. The molecule has 0 aromatic rings. The van der Waals surface area contributed by atoms with Crippen LogP contribution in [-0.2, 0) is 4.74 Å². The second-order valence-corrected chi connectivity index (χ2v) is 2.39. The van der Waals surface area contributed by atoms with Gasteiger partial charge >= 0.3 is 0 Å². The normalized spacial score (nSPS) is 52.6. The van der Waals surface area contributed by atoms with Gasteiger partial charge in [0.05, 0.1) is 0 Å². The molecule has 0 aromatic carbocycles. The van der Waals surface area contributed by atoms with Gasteiger partial charge in [0.15, 0.2) is 12.6 Å². The van der Waals surface area contributed by atoms with Crippen molar-refractivity contribution in [2.75, 3.05) is 0 Å². The maximum Gasteiger partial charge on any atom is 0.186 e. The maximum absolute atomic E-state index is 8.89. The van der Waals surface area contributed by atoms with Crippen LogP contribution >= 0.6 is 0 Å². The molecule has 1 unspecified atom stereocenters. The van der Waals surface area contributed by atoms with E-state index in [9.17, 15) is 0 Å². The zero-order valence-electron chi connectivity index (χ0n) is 5.53. The minimum Gasteiger partial charge on any atom is -0.387 e. The predicted octanol–water partition coefficient (Wildman–Crippen LogP) is -3.26. The summed E-state index contributed by atoms with van der Waals surface area (Å²) in [4.78, 5) is 0. The van der Waals surface area contributed by atoms with Gasteiger partial charge < -0.3 is 30.3 Å². The highest BCUT2D eigenvalue weighted by atomic mass is 16.7. The van der Waals surface area contributed by atoms with Crippen LogP contribution in [0.2, 0.25) is 0 Å². The number of hydrogen-bond donors (Lipinski definition) is 5. The quantitative estimate of drug-likeness (QED) is 0.258. The molecule has 6 nitrogen and oxygen atoms in total. The van der Waals surface area contributed by atoms with Gasteiger partial charge in [-0.25, -0.2) is 0 Å². The molecule has 66 valence electrons. The van der Waals surface area contributed by atoms with Crippen molar-refractivity contribution in [3.05, 3.63) is 0 Å². The van der Waals surface area contributed by atoms with Gasteiger partial charge in [-0.2, -0.15) is 0 Å². The Kier molecular flexibility index (Phi) is 2.43. The van der Waals surface area contributed by atoms with Gasteiger partial charge in [-0.05, 0) is 0 Å². The maximum atomic E-state index is 8.89. The highest BCUT2D eigenvalue weighted by Gasteiger charge is 2.42. The van der Waals surface area contributed by atoms with E-state index in [1.165, 1.54) is 0 Å². The lowest BCUT2D eigenvalue weighted by Gasteiger charge is -2.35. The van der Waals surface area contributed by atoms with E-state index in [1.54, 1.807) is 0 Å². The fraction of sp³-hybridized carbons (Fsp3) is 1.00. The first-order valence-electron chi connectivity index (χ1n) is 3.10. The summed E-state index contributed by atoms with van der Waals surface area (Å²) in [5, 5.41) is 44.0. The molecule has 1 saturated heterocycles. The summed E-state index contributed by atoms with van der Waals surface area (Å²) in [6.45, 7) is 0. The molecule has 0 radical (unpaired) electrons. The van der Waals surface area contributed by atoms with Crippen molar-refractivity contribution >= 4 is 0 Å². The molecular formula is C5H10O6. The third kappa shape index (κ3) is 1.51. The molecule has 1 rings (SSSR count). The van der Waals surface area contributed by atoms with Gasteiger partial charge in [0, 0.05) is 0 Å². The summed E-state index contributed by atoms with van der Waals surface area (Å²) in [7, 11) is 0. The zero-order valence-corrected chi connectivity index (χ0v) is 5.53. The van der Waals surface area contributed by atoms with Crippen molar-refractivity contribution in [3.8, 4) is 0 Å². The van der Waals surface area contributed by atoms with Crippen LogP contribution in [0.25, 0.3) is 0 Å². The van der Waals surface area contributed by atoms with Crippen LogP contribution < -0.4 is 0 Å². The molecule has 0 bridgehead atoms. The average molecular weight is 166 g/mol. The molecule has 0 aliphatic carbocycles. The Bertz CT molecular complexity index is 125. The number of hydrogen-bond acceptors (Lipinski definition) is 6. The highest BCUT2D eigenvalue weighted by molar-refractivity contribution is 4.83. The lowest BCUT2D eigenvalue weighted by atomic mass is 10.0. The summed E-state index contributed by atoms with van der Waals surface area (Å²) in [6.07, 6.45) is -8.10. The lowest BCUT2D eigenvalue weighted by molar-refractivity contribution is -0.328. The van der Waals surface area contributed by atoms with Crippen molar-refractivity contribution in [2.45, 2.75) is 30.9 Å². The zero-order chi connectivity index (χ0) is 8.59. The number of ether oxygens (including phenoxy) is 1. The van der Waals surface area contributed by atoms with E-state index in [-0.39, 0.29) is 0 Å². The van der Waals surface area contributed by atoms with Crippen molar-refractivity contribution in [2.24, 2.45) is 0 Å². The Morgan fingerprint density at radius 3 is 1.36 bits per heavy atom. The van der Waals surface area contributed by atoms with Crippen molar-refractivity contribution in [3.63, 3.8) is 0 Å². The smallest absolute Gasteiger partial charge is 0.186 e. The molecule has 1 aliphatic heterocycles. The van der Waals surface area contributed by atoms with Crippen LogP contribution in [0.5, 0.6) is 0 Å². The van der Waals surface area contributed by atoms with E-state index in [0.29, 0.717) is 0 Å². The van der Waals surface area contributed by atoms with Gasteiger partial charge in [-0.3, -0.25) is 0 Å². The molecule has 5 N–H and O–H groups in total. The van der Waals surface area contributed by atoms with E-state index in [2.05, 4.69) is 4.74 Å². The summed E-state index contributed by atoms with van der Waals surface area (Å²) >= 11 is 0. The van der Waals surface area contributed by atoms with Gasteiger partial charge in [0.25, 0.3) is 0 Å². The SMILES string of the molecule is OC1O[C@H](O)[C@H](O)[C@H](O)[C@H]1O. The molecule has 1 heterocycles. The Morgan fingerprint density at radius 1 is 0.636 bits per heavy atom. The molecule has 1 aliphatic rings. The van der Waals surface area contributed by atoms with E-state index >= 15 is 0 Å². The molecule has 0 aromatic heterocycles. The Labute approximate surface area is 62.3 Å². The molecule has 0 spiro atoms. The van der Waals surface area contributed by atoms with Crippen molar-refractivity contribution in [1.29, 1.82) is 0 Å². The molecule has 11 heavy (non-hydrogen) atoms. The average Bonchev–Trinajstić information content (AvgIpc) is 1.97. The van der Waals surface area contributed by atoms with E-state index in [1.807, 2.05) is 0 Å².